The fourth-order valence-electron chi connectivity index (χ4n) is 8.79. The van der Waals surface area contributed by atoms with Gasteiger partial charge in [0, 0.05) is 17.0 Å². The molecule has 0 saturated heterocycles. The van der Waals surface area contributed by atoms with Crippen molar-refractivity contribution in [3.8, 4) is 51.0 Å². The van der Waals surface area contributed by atoms with E-state index in [0.717, 1.165) is 0 Å². The molecule has 5 aliphatic rings. The quantitative estimate of drug-likeness (QED) is 0.285. The first-order valence-corrected chi connectivity index (χ1v) is 16.0. The van der Waals surface area contributed by atoms with Crippen molar-refractivity contribution >= 4 is 29.0 Å². The lowest BCUT2D eigenvalue weighted by Gasteiger charge is -2.56. The number of ether oxygens (including phenoxy) is 4. The Bertz CT molecular complexity index is 2080. The number of aliphatic hydroxyl groups is 2. The van der Waals surface area contributed by atoms with Crippen LogP contribution in [0.1, 0.15) is 28.8 Å². The summed E-state index contributed by atoms with van der Waals surface area (Å²) in [5.74, 6) is -12.8. The number of nitrogens with two attached hydrogens (primary N) is 1. The number of hydrogen-bond acceptors (Lipinski definition) is 13. The SMILES string of the molecule is C[C@@H]1c2c(-c3ccc4c(c3)OCO4)cc(-c3cccc4c3OCO4)c(O)c2C(=O)C2C(=O)[C@@]3(O)C(=O)C(C(N)=O)C(=O)[C@H](N(C)C)[C@H]3[C@H](O)[C@H]21. The number of ketones is 4. The van der Waals surface area contributed by atoms with Gasteiger partial charge in [-0.3, -0.25) is 28.9 Å². The van der Waals surface area contributed by atoms with Crippen molar-refractivity contribution in [2.75, 3.05) is 27.7 Å². The lowest BCUT2D eigenvalue weighted by Crippen LogP contribution is -2.77. The molecule has 3 aliphatic carbocycles. The number of fused-ring (bicyclic) bond motifs is 5. The van der Waals surface area contributed by atoms with E-state index >= 15 is 0 Å². The average molecular weight is 685 g/mol. The van der Waals surface area contributed by atoms with Crippen LogP contribution in [-0.4, -0.2) is 94.7 Å². The van der Waals surface area contributed by atoms with Crippen molar-refractivity contribution in [2.24, 2.45) is 29.4 Å². The van der Waals surface area contributed by atoms with E-state index in [1.165, 1.54) is 19.0 Å². The van der Waals surface area contributed by atoms with Gasteiger partial charge in [0.05, 0.1) is 29.5 Å². The number of phenolic OH excluding ortho intramolecular Hbond substituents is 1. The molecule has 1 amide bonds. The van der Waals surface area contributed by atoms with Crippen molar-refractivity contribution < 1.29 is 58.2 Å². The van der Waals surface area contributed by atoms with E-state index in [0.29, 0.717) is 45.3 Å². The van der Waals surface area contributed by atoms with Gasteiger partial charge in [-0.05, 0) is 61.0 Å². The molecule has 2 fully saturated rings. The molecule has 14 heteroatoms. The second-order valence-electron chi connectivity index (χ2n) is 13.6. The van der Waals surface area contributed by atoms with Crippen LogP contribution in [0.15, 0.2) is 42.5 Å². The normalized spacial score (nSPS) is 30.6. The van der Waals surface area contributed by atoms with Crippen LogP contribution in [0, 0.1) is 23.7 Å². The van der Waals surface area contributed by atoms with Gasteiger partial charge in [-0.1, -0.05) is 25.1 Å². The number of hydrogen-bond donors (Lipinski definition) is 4. The zero-order valence-corrected chi connectivity index (χ0v) is 27.0. The number of para-hydroxylation sites is 1. The smallest absolute Gasteiger partial charge is 0.235 e. The number of carbonyl (C=O) groups excluding carboxylic acids is 5. The third-order valence-corrected chi connectivity index (χ3v) is 11.0. The summed E-state index contributed by atoms with van der Waals surface area (Å²) in [7, 11) is 2.88. The highest BCUT2D eigenvalue weighted by molar-refractivity contribution is 6.32. The average Bonchev–Trinajstić information content (AvgIpc) is 3.76. The Hall–Kier alpha value is -5.31. The minimum Gasteiger partial charge on any atom is -0.507 e. The summed E-state index contributed by atoms with van der Waals surface area (Å²) >= 11 is 0. The molecule has 0 radical (unpaired) electrons. The Kier molecular flexibility index (Phi) is 6.92. The molecular weight excluding hydrogens is 652 g/mol. The van der Waals surface area contributed by atoms with Crippen molar-refractivity contribution in [3.05, 3.63) is 53.6 Å². The van der Waals surface area contributed by atoms with Crippen LogP contribution < -0.4 is 24.7 Å². The molecule has 8 atom stereocenters. The molecule has 0 spiro atoms. The third-order valence-electron chi connectivity index (χ3n) is 11.0. The van der Waals surface area contributed by atoms with E-state index in [9.17, 15) is 39.3 Å². The minimum absolute atomic E-state index is 0.00352. The Morgan fingerprint density at radius 2 is 1.60 bits per heavy atom. The Labute approximate surface area is 284 Å². The molecule has 258 valence electrons. The minimum atomic E-state index is -3.12. The van der Waals surface area contributed by atoms with Crippen LogP contribution in [-0.2, 0) is 19.2 Å². The van der Waals surface area contributed by atoms with Crippen LogP contribution >= 0.6 is 0 Å². The maximum absolute atomic E-state index is 14.8. The summed E-state index contributed by atoms with van der Waals surface area (Å²) in [5, 5.41) is 36.2. The van der Waals surface area contributed by atoms with Gasteiger partial charge in [0.25, 0.3) is 0 Å². The molecule has 14 nitrogen and oxygen atoms in total. The monoisotopic (exact) mass is 684 g/mol. The zero-order valence-electron chi connectivity index (χ0n) is 27.0. The number of aromatic hydroxyl groups is 1. The number of phenols is 1. The van der Waals surface area contributed by atoms with E-state index in [1.54, 1.807) is 49.4 Å². The Morgan fingerprint density at radius 1 is 0.900 bits per heavy atom. The van der Waals surface area contributed by atoms with Gasteiger partial charge in [-0.25, -0.2) is 0 Å². The van der Waals surface area contributed by atoms with Crippen molar-refractivity contribution in [1.82, 2.24) is 4.90 Å². The molecule has 3 aromatic carbocycles. The highest BCUT2D eigenvalue weighted by atomic mass is 16.7. The van der Waals surface area contributed by atoms with E-state index in [-0.39, 0.29) is 24.7 Å². The van der Waals surface area contributed by atoms with Gasteiger partial charge in [0.1, 0.15) is 5.75 Å². The van der Waals surface area contributed by atoms with Crippen LogP contribution in [0.4, 0.5) is 0 Å². The number of rotatable bonds is 4. The van der Waals surface area contributed by atoms with E-state index in [2.05, 4.69) is 0 Å². The Balaban J connectivity index is 1.38. The fraction of sp³-hybridized carbons (Fsp3) is 0.361. The van der Waals surface area contributed by atoms with Crippen LogP contribution in [0.5, 0.6) is 28.7 Å². The molecule has 3 aromatic rings. The first kappa shape index (κ1) is 31.9. The second kappa shape index (κ2) is 10.8. The highest BCUT2D eigenvalue weighted by Gasteiger charge is 2.73. The first-order chi connectivity index (χ1) is 23.8. The largest absolute Gasteiger partial charge is 0.507 e. The summed E-state index contributed by atoms with van der Waals surface area (Å²) in [6.45, 7) is 1.60. The van der Waals surface area contributed by atoms with Gasteiger partial charge in [-0.15, -0.1) is 0 Å². The van der Waals surface area contributed by atoms with Crippen molar-refractivity contribution in [3.63, 3.8) is 0 Å². The summed E-state index contributed by atoms with van der Waals surface area (Å²) in [4.78, 5) is 70.4. The summed E-state index contributed by atoms with van der Waals surface area (Å²) < 4.78 is 22.4. The number of primary amides is 1. The van der Waals surface area contributed by atoms with Crippen LogP contribution in [0.3, 0.4) is 0 Å². The predicted molar refractivity (Wildman–Crippen MR) is 171 cm³/mol. The number of amides is 1. The number of carbonyl (C=O) groups is 5. The first-order valence-electron chi connectivity index (χ1n) is 16.0. The summed E-state index contributed by atoms with van der Waals surface area (Å²) in [6.07, 6.45) is -1.78. The van der Waals surface area contributed by atoms with Gasteiger partial charge in [-0.2, -0.15) is 0 Å². The number of benzene rings is 3. The maximum Gasteiger partial charge on any atom is 0.235 e. The lowest BCUT2D eigenvalue weighted by molar-refractivity contribution is -0.196. The Morgan fingerprint density at radius 3 is 2.32 bits per heavy atom. The molecule has 2 heterocycles. The second-order valence-corrected chi connectivity index (χ2v) is 13.6. The molecule has 2 unspecified atom stereocenters. The molecular formula is C36H32N2O12. The molecule has 2 aliphatic heterocycles. The topological polar surface area (TPSA) is 212 Å². The summed E-state index contributed by atoms with van der Waals surface area (Å²) in [5.41, 5.74) is 3.92. The number of nitrogens with zero attached hydrogens (tertiary/aromatic N) is 1. The van der Waals surface area contributed by atoms with Crippen molar-refractivity contribution in [1.29, 1.82) is 0 Å². The van der Waals surface area contributed by atoms with Crippen molar-refractivity contribution in [2.45, 2.75) is 30.6 Å². The number of likely N-dealkylation sites (N-methyl/N-ethyl adjacent to an activating group) is 1. The number of Topliss-reactive ketones (excluding diaryl/α,β-unsaturated/α-hetero) is 4. The third kappa shape index (κ3) is 4.03. The van der Waals surface area contributed by atoms with Gasteiger partial charge < -0.3 is 40.0 Å². The van der Waals surface area contributed by atoms with E-state index < -0.39 is 82.1 Å². The molecule has 50 heavy (non-hydrogen) atoms. The molecule has 8 rings (SSSR count). The van der Waals surface area contributed by atoms with Gasteiger partial charge in [0.2, 0.25) is 19.5 Å². The predicted octanol–water partition coefficient (Wildman–Crippen LogP) is 1.19. The fourth-order valence-corrected chi connectivity index (χ4v) is 8.79. The van der Waals surface area contributed by atoms with Crippen LogP contribution in [0.25, 0.3) is 22.3 Å². The highest BCUT2D eigenvalue weighted by Crippen LogP contribution is 2.58. The molecule has 5 N–H and O–H groups in total. The zero-order chi connectivity index (χ0) is 35.5. The molecule has 2 saturated carbocycles. The standard InChI is InChI=1S/C36H32N2O12/c1-13-21-16(14-7-8-18-20(9-14)49-11-47-18)10-17(15-5-4-6-19-32(15)50-12-48-19)28(39)23(21)29(40)24-22(13)30(41)26-27(38(2)3)31(42)25(35(37)45)34(44)36(26,46)33(24)43/h4-10,13,22,24-27,30,39,41,46H,11-12H2,1-3H3,(H2,37,45)/t13-,22+,24?,25?,26+,27-,30-,36-/m1/s1. The van der Waals surface area contributed by atoms with Gasteiger partial charge in [0.15, 0.2) is 57.6 Å². The van der Waals surface area contributed by atoms with Crippen LogP contribution in [0.2, 0.25) is 0 Å². The van der Waals surface area contributed by atoms with Gasteiger partial charge >= 0.3 is 0 Å². The lowest BCUT2D eigenvalue weighted by atomic mass is 9.49. The molecule has 0 bridgehead atoms. The van der Waals surface area contributed by atoms with E-state index in [1.807, 2.05) is 0 Å². The maximum atomic E-state index is 14.8. The molecule has 0 aromatic heterocycles. The number of aliphatic hydroxyl groups excluding tert-OH is 1. The summed E-state index contributed by atoms with van der Waals surface area (Å²) in [6, 6.07) is 10.4. The van der Waals surface area contributed by atoms with E-state index in [4.69, 9.17) is 24.7 Å².